The van der Waals surface area contributed by atoms with E-state index >= 15 is 0 Å². The van der Waals surface area contributed by atoms with Crippen molar-refractivity contribution in [1.29, 1.82) is 0 Å². The van der Waals surface area contributed by atoms with Gasteiger partial charge >= 0.3 is 0 Å². The van der Waals surface area contributed by atoms with Crippen LogP contribution in [0.4, 0.5) is 11.5 Å². The molecule has 8 nitrogen and oxygen atoms in total. The van der Waals surface area contributed by atoms with Gasteiger partial charge in [-0.05, 0) is 5.56 Å². The van der Waals surface area contributed by atoms with E-state index in [4.69, 9.17) is 0 Å². The average Bonchev–Trinajstić information content (AvgIpc) is 2.67. The summed E-state index contributed by atoms with van der Waals surface area (Å²) in [6.07, 6.45) is 0.0697. The number of aromatic amines is 1. The quantitative estimate of drug-likeness (QED) is 0.549. The third-order valence-corrected chi connectivity index (χ3v) is 4.50. The number of nitrogens with zero attached hydrogens (tertiary/aromatic N) is 2. The maximum absolute atomic E-state index is 12.8. The summed E-state index contributed by atoms with van der Waals surface area (Å²) in [5.74, 6) is -0.195. The van der Waals surface area contributed by atoms with Gasteiger partial charge in [0.25, 0.3) is 11.2 Å². The number of aromatic nitrogens is 2. The Bertz CT molecular complexity index is 1090. The van der Waals surface area contributed by atoms with Gasteiger partial charge in [0.05, 0.1) is 10.5 Å². The number of fused-ring (bicyclic) bond motifs is 1. The van der Waals surface area contributed by atoms with Crippen LogP contribution < -0.4 is 10.9 Å². The highest BCUT2D eigenvalue weighted by molar-refractivity contribution is 5.94. The topological polar surface area (TPSA) is 118 Å². The molecule has 8 heteroatoms. The fourth-order valence-corrected chi connectivity index (χ4v) is 3.22. The number of benzene rings is 2. The first kappa shape index (κ1) is 16.6. The van der Waals surface area contributed by atoms with Gasteiger partial charge in [-0.1, -0.05) is 42.5 Å². The molecule has 2 heterocycles. The van der Waals surface area contributed by atoms with E-state index in [0.717, 1.165) is 5.56 Å². The zero-order valence-electron chi connectivity index (χ0n) is 14.0. The number of carbonyl (C=O) groups is 1. The molecule has 134 valence electrons. The van der Waals surface area contributed by atoms with Gasteiger partial charge in [-0.25, -0.2) is 4.98 Å². The lowest BCUT2D eigenvalue weighted by Crippen LogP contribution is -2.31. The molecular formula is C19H14N4O4. The Hall–Kier alpha value is -3.81. The van der Waals surface area contributed by atoms with Crippen LogP contribution in [0.25, 0.3) is 11.4 Å². The number of nitro benzene ring substituents is 1. The van der Waals surface area contributed by atoms with Gasteiger partial charge in [-0.15, -0.1) is 0 Å². The molecule has 1 atom stereocenters. The normalized spacial score (nSPS) is 15.7. The molecule has 27 heavy (non-hydrogen) atoms. The molecule has 0 fully saturated rings. The number of non-ortho nitro benzene ring substituents is 1. The van der Waals surface area contributed by atoms with Crippen LogP contribution in [0, 0.1) is 10.1 Å². The number of nitrogens with one attached hydrogen (secondary N) is 2. The summed E-state index contributed by atoms with van der Waals surface area (Å²) in [5, 5.41) is 13.5. The lowest BCUT2D eigenvalue weighted by molar-refractivity contribution is -0.384. The minimum atomic E-state index is -0.518. The molecule has 0 bridgehead atoms. The Morgan fingerprint density at radius 1 is 1.04 bits per heavy atom. The van der Waals surface area contributed by atoms with Gasteiger partial charge in [-0.3, -0.25) is 19.7 Å². The molecule has 1 amide bonds. The maximum atomic E-state index is 12.8. The van der Waals surface area contributed by atoms with Crippen molar-refractivity contribution in [3.8, 4) is 11.4 Å². The van der Waals surface area contributed by atoms with E-state index < -0.39 is 10.8 Å². The molecule has 0 spiro atoms. The Balaban J connectivity index is 1.81. The molecule has 1 unspecified atom stereocenters. The van der Waals surface area contributed by atoms with E-state index in [1.54, 1.807) is 12.1 Å². The summed E-state index contributed by atoms with van der Waals surface area (Å²) in [6.45, 7) is 0. The molecule has 2 aromatic carbocycles. The summed E-state index contributed by atoms with van der Waals surface area (Å²) in [7, 11) is 0. The highest BCUT2D eigenvalue weighted by Crippen LogP contribution is 2.35. The van der Waals surface area contributed by atoms with Crippen molar-refractivity contribution in [2.75, 3.05) is 5.32 Å². The molecule has 0 saturated heterocycles. The fourth-order valence-electron chi connectivity index (χ4n) is 3.22. The van der Waals surface area contributed by atoms with Gasteiger partial charge in [0, 0.05) is 30.0 Å². The lowest BCUT2D eigenvalue weighted by atomic mass is 9.86. The highest BCUT2D eigenvalue weighted by Gasteiger charge is 2.31. The molecule has 2 N–H and O–H groups in total. The van der Waals surface area contributed by atoms with E-state index in [0.29, 0.717) is 17.0 Å². The number of hydrogen-bond donors (Lipinski definition) is 2. The van der Waals surface area contributed by atoms with E-state index in [-0.39, 0.29) is 29.4 Å². The van der Waals surface area contributed by atoms with Crippen molar-refractivity contribution < 1.29 is 9.72 Å². The molecule has 0 radical (unpaired) electrons. The second-order valence-electron chi connectivity index (χ2n) is 6.20. The largest absolute Gasteiger partial charge is 0.310 e. The van der Waals surface area contributed by atoms with Crippen molar-refractivity contribution in [2.24, 2.45) is 0 Å². The third kappa shape index (κ3) is 3.08. The van der Waals surface area contributed by atoms with Gasteiger partial charge in [0.15, 0.2) is 0 Å². The number of anilines is 1. The zero-order valence-corrected chi connectivity index (χ0v) is 14.0. The summed E-state index contributed by atoms with van der Waals surface area (Å²) in [5.41, 5.74) is 1.33. The smallest absolute Gasteiger partial charge is 0.269 e. The maximum Gasteiger partial charge on any atom is 0.269 e. The van der Waals surface area contributed by atoms with E-state index in [1.165, 1.54) is 12.1 Å². The molecule has 1 aliphatic heterocycles. The Kier molecular flexibility index (Phi) is 4.00. The zero-order chi connectivity index (χ0) is 19.0. The van der Waals surface area contributed by atoms with Crippen LogP contribution in [-0.4, -0.2) is 20.8 Å². The second-order valence-corrected chi connectivity index (χ2v) is 6.20. The Morgan fingerprint density at radius 2 is 1.74 bits per heavy atom. The van der Waals surface area contributed by atoms with Crippen molar-refractivity contribution in [2.45, 2.75) is 12.3 Å². The highest BCUT2D eigenvalue weighted by atomic mass is 16.6. The van der Waals surface area contributed by atoms with Crippen molar-refractivity contribution in [3.63, 3.8) is 0 Å². The fraction of sp³-hybridized carbons (Fsp3) is 0.105. The van der Waals surface area contributed by atoms with Crippen molar-refractivity contribution >= 4 is 17.4 Å². The van der Waals surface area contributed by atoms with Crippen LogP contribution in [0.1, 0.15) is 23.5 Å². The predicted molar refractivity (Wildman–Crippen MR) is 98.5 cm³/mol. The number of hydrogen-bond acceptors (Lipinski definition) is 5. The summed E-state index contributed by atoms with van der Waals surface area (Å²) in [4.78, 5) is 42.5. The molecule has 3 aromatic rings. The van der Waals surface area contributed by atoms with Crippen LogP contribution >= 0.6 is 0 Å². The SMILES string of the molecule is O=C1CC(c2ccc([N+](=O)[O-])cc2)c2c(nc(-c3ccccc3)[nH]c2=O)N1. The number of rotatable bonds is 3. The van der Waals surface area contributed by atoms with Crippen LogP contribution in [0.3, 0.4) is 0 Å². The monoisotopic (exact) mass is 362 g/mol. The minimum absolute atomic E-state index is 0.0503. The Labute approximate surface area is 153 Å². The van der Waals surface area contributed by atoms with Gasteiger partial charge in [0.2, 0.25) is 5.91 Å². The first-order valence-electron chi connectivity index (χ1n) is 8.27. The van der Waals surface area contributed by atoms with Gasteiger partial charge in [-0.2, -0.15) is 0 Å². The summed E-state index contributed by atoms with van der Waals surface area (Å²) < 4.78 is 0. The summed E-state index contributed by atoms with van der Waals surface area (Å²) >= 11 is 0. The molecule has 0 aliphatic carbocycles. The minimum Gasteiger partial charge on any atom is -0.310 e. The second kappa shape index (κ2) is 6.49. The number of H-pyrrole nitrogens is 1. The molecule has 1 aliphatic rings. The van der Waals surface area contributed by atoms with E-state index in [2.05, 4.69) is 15.3 Å². The molecule has 1 aromatic heterocycles. The van der Waals surface area contributed by atoms with Gasteiger partial charge < -0.3 is 10.3 Å². The number of nitro groups is 1. The van der Waals surface area contributed by atoms with E-state index in [9.17, 15) is 19.7 Å². The predicted octanol–water partition coefficient (Wildman–Crippen LogP) is 2.82. The van der Waals surface area contributed by atoms with Crippen LogP contribution in [0.5, 0.6) is 0 Å². The van der Waals surface area contributed by atoms with Crippen LogP contribution in [-0.2, 0) is 4.79 Å². The standard InChI is InChI=1S/C19H14N4O4/c24-15-10-14(11-6-8-13(9-7-11)23(26)27)16-18(20-15)21-17(22-19(16)25)12-4-2-1-3-5-12/h1-9,14H,10H2,(H2,20,21,22,24,25). The third-order valence-electron chi connectivity index (χ3n) is 4.50. The van der Waals surface area contributed by atoms with Crippen LogP contribution in [0.2, 0.25) is 0 Å². The number of carbonyl (C=O) groups excluding carboxylic acids is 1. The molecule has 4 rings (SSSR count). The molecule has 0 saturated carbocycles. The Morgan fingerprint density at radius 3 is 2.41 bits per heavy atom. The number of amides is 1. The van der Waals surface area contributed by atoms with Crippen LogP contribution in [0.15, 0.2) is 59.4 Å². The van der Waals surface area contributed by atoms with E-state index in [1.807, 2.05) is 30.3 Å². The van der Waals surface area contributed by atoms with Crippen molar-refractivity contribution in [1.82, 2.24) is 9.97 Å². The average molecular weight is 362 g/mol. The first-order chi connectivity index (χ1) is 13.0. The lowest BCUT2D eigenvalue weighted by Gasteiger charge is -2.24. The van der Waals surface area contributed by atoms with Gasteiger partial charge in [0.1, 0.15) is 11.6 Å². The summed E-state index contributed by atoms with van der Waals surface area (Å²) in [6, 6.07) is 15.0. The first-order valence-corrected chi connectivity index (χ1v) is 8.27. The van der Waals surface area contributed by atoms with Crippen molar-refractivity contribution in [3.05, 3.63) is 86.2 Å². The molecular weight excluding hydrogens is 348 g/mol.